The van der Waals surface area contributed by atoms with E-state index >= 15 is 0 Å². The summed E-state index contributed by atoms with van der Waals surface area (Å²) >= 11 is 0. The van der Waals surface area contributed by atoms with Crippen LogP contribution in [0.5, 0.6) is 0 Å². The lowest BCUT2D eigenvalue weighted by atomic mass is 10.1. The Balaban J connectivity index is 2.48. The molecule has 0 unspecified atom stereocenters. The van der Waals surface area contributed by atoms with Crippen LogP contribution in [0.4, 0.5) is 4.39 Å². The smallest absolute Gasteiger partial charge is 0.338 e. The van der Waals surface area contributed by atoms with Crippen LogP contribution in [0.15, 0.2) is 18.2 Å². The molecule has 0 aliphatic carbocycles. The summed E-state index contributed by atoms with van der Waals surface area (Å²) < 4.78 is 41.6. The van der Waals surface area contributed by atoms with E-state index in [4.69, 9.17) is 4.74 Å². The molecule has 0 fully saturated rings. The first-order chi connectivity index (χ1) is 8.29. The number of carbonyl (C=O) groups excluding carboxylic acids is 1. The van der Waals surface area contributed by atoms with Gasteiger partial charge in [0, 0.05) is 6.54 Å². The number of ether oxygens (including phenoxy) is 1. The number of halogens is 1. The standard InChI is InChI=1S/C11H14FNO4S/c1-8-3-4-9(7-10(8)12)11(14)17-6-5-13-18(2,15)16/h3-4,7,13H,5-6H2,1-2H3. The Morgan fingerprint density at radius 2 is 2.11 bits per heavy atom. The molecule has 1 rings (SSSR count). The second kappa shape index (κ2) is 5.92. The molecule has 1 N–H and O–H groups in total. The number of aryl methyl sites for hydroxylation is 1. The fourth-order valence-electron chi connectivity index (χ4n) is 1.17. The minimum absolute atomic E-state index is 0.0150. The van der Waals surface area contributed by atoms with Crippen LogP contribution in [0.2, 0.25) is 0 Å². The number of rotatable bonds is 5. The second-order valence-corrected chi connectivity index (χ2v) is 5.60. The van der Waals surface area contributed by atoms with Gasteiger partial charge in [0.05, 0.1) is 11.8 Å². The molecule has 0 aliphatic heterocycles. The van der Waals surface area contributed by atoms with E-state index in [0.717, 1.165) is 12.3 Å². The van der Waals surface area contributed by atoms with Crippen molar-refractivity contribution in [2.45, 2.75) is 6.92 Å². The lowest BCUT2D eigenvalue weighted by Gasteiger charge is -2.06. The van der Waals surface area contributed by atoms with Crippen LogP contribution >= 0.6 is 0 Å². The maximum absolute atomic E-state index is 13.2. The van der Waals surface area contributed by atoms with E-state index in [-0.39, 0.29) is 18.7 Å². The molecule has 7 heteroatoms. The van der Waals surface area contributed by atoms with E-state index in [1.165, 1.54) is 12.1 Å². The van der Waals surface area contributed by atoms with E-state index in [1.54, 1.807) is 6.92 Å². The lowest BCUT2D eigenvalue weighted by Crippen LogP contribution is -2.26. The zero-order valence-electron chi connectivity index (χ0n) is 10.1. The number of carbonyl (C=O) groups is 1. The van der Waals surface area contributed by atoms with Gasteiger partial charge in [-0.15, -0.1) is 0 Å². The number of esters is 1. The average molecular weight is 275 g/mol. The highest BCUT2D eigenvalue weighted by Crippen LogP contribution is 2.10. The predicted molar refractivity (Wildman–Crippen MR) is 64.3 cm³/mol. The van der Waals surface area contributed by atoms with E-state index in [1.807, 2.05) is 0 Å². The van der Waals surface area contributed by atoms with Crippen molar-refractivity contribution in [2.75, 3.05) is 19.4 Å². The molecule has 0 heterocycles. The van der Waals surface area contributed by atoms with Crippen molar-refractivity contribution in [1.29, 1.82) is 0 Å². The molecule has 100 valence electrons. The van der Waals surface area contributed by atoms with Crippen molar-refractivity contribution in [3.63, 3.8) is 0 Å². The Hall–Kier alpha value is -1.47. The third-order valence-electron chi connectivity index (χ3n) is 2.11. The third-order valence-corrected chi connectivity index (χ3v) is 2.84. The highest BCUT2D eigenvalue weighted by Gasteiger charge is 2.09. The molecule has 0 aromatic heterocycles. The van der Waals surface area contributed by atoms with Crippen molar-refractivity contribution < 1.29 is 22.3 Å². The molecule has 0 saturated carbocycles. The first-order valence-corrected chi connectivity index (χ1v) is 7.06. The van der Waals surface area contributed by atoms with Crippen LogP contribution in [-0.4, -0.2) is 33.8 Å². The Labute approximate surface area is 105 Å². The van der Waals surface area contributed by atoms with E-state index in [2.05, 4.69) is 4.72 Å². The van der Waals surface area contributed by atoms with E-state index < -0.39 is 21.8 Å². The summed E-state index contributed by atoms with van der Waals surface area (Å²) in [5, 5.41) is 0. The SMILES string of the molecule is Cc1ccc(C(=O)OCCNS(C)(=O)=O)cc1F. The summed E-state index contributed by atoms with van der Waals surface area (Å²) in [5.74, 6) is -1.18. The number of hydrogen-bond donors (Lipinski definition) is 1. The molecule has 18 heavy (non-hydrogen) atoms. The molecule has 0 aliphatic rings. The zero-order chi connectivity index (χ0) is 13.8. The zero-order valence-corrected chi connectivity index (χ0v) is 10.9. The molecule has 0 amide bonds. The van der Waals surface area contributed by atoms with E-state index in [9.17, 15) is 17.6 Å². The maximum atomic E-state index is 13.2. The second-order valence-electron chi connectivity index (χ2n) is 3.77. The highest BCUT2D eigenvalue weighted by atomic mass is 32.2. The number of nitrogens with one attached hydrogen (secondary N) is 1. The minimum Gasteiger partial charge on any atom is -0.461 e. The molecule has 0 spiro atoms. The third kappa shape index (κ3) is 4.80. The van der Waals surface area contributed by atoms with Gasteiger partial charge in [-0.2, -0.15) is 0 Å². The number of benzene rings is 1. The molecule has 5 nitrogen and oxygen atoms in total. The first-order valence-electron chi connectivity index (χ1n) is 5.17. The lowest BCUT2D eigenvalue weighted by molar-refractivity contribution is 0.0512. The highest BCUT2D eigenvalue weighted by molar-refractivity contribution is 7.88. The van der Waals surface area contributed by atoms with Gasteiger partial charge in [-0.1, -0.05) is 6.07 Å². The summed E-state index contributed by atoms with van der Waals surface area (Å²) in [4.78, 5) is 11.5. The monoisotopic (exact) mass is 275 g/mol. The Bertz CT molecular complexity index is 542. The van der Waals surface area contributed by atoms with E-state index in [0.29, 0.717) is 5.56 Å². The van der Waals surface area contributed by atoms with Gasteiger partial charge in [-0.05, 0) is 24.6 Å². The Kier molecular flexibility index (Phi) is 4.80. The molecule has 0 bridgehead atoms. The fraction of sp³-hybridized carbons (Fsp3) is 0.364. The molecule has 0 radical (unpaired) electrons. The molecular weight excluding hydrogens is 261 g/mol. The van der Waals surface area contributed by atoms with Crippen molar-refractivity contribution >= 4 is 16.0 Å². The summed E-state index contributed by atoms with van der Waals surface area (Å²) in [6.45, 7) is 1.46. The molecular formula is C11H14FNO4S. The fourth-order valence-corrected chi connectivity index (χ4v) is 1.63. The van der Waals surface area contributed by atoms with Crippen molar-refractivity contribution in [3.8, 4) is 0 Å². The molecule has 1 aromatic carbocycles. The van der Waals surface area contributed by atoms with Crippen LogP contribution in [0.25, 0.3) is 0 Å². The van der Waals surface area contributed by atoms with Gasteiger partial charge in [0.25, 0.3) is 0 Å². The summed E-state index contributed by atoms with van der Waals surface area (Å²) in [6.07, 6.45) is 1.00. The Morgan fingerprint density at radius 1 is 1.44 bits per heavy atom. The number of sulfonamides is 1. The van der Waals surface area contributed by atoms with Crippen molar-refractivity contribution in [1.82, 2.24) is 4.72 Å². The van der Waals surface area contributed by atoms with Crippen LogP contribution in [0, 0.1) is 12.7 Å². The van der Waals surface area contributed by atoms with Gasteiger partial charge in [0.15, 0.2) is 0 Å². The number of hydrogen-bond acceptors (Lipinski definition) is 4. The van der Waals surface area contributed by atoms with Gasteiger partial charge < -0.3 is 4.74 Å². The minimum atomic E-state index is -3.30. The van der Waals surface area contributed by atoms with Gasteiger partial charge in [0.1, 0.15) is 12.4 Å². The molecule has 1 aromatic rings. The quantitative estimate of drug-likeness (QED) is 0.638. The maximum Gasteiger partial charge on any atom is 0.338 e. The van der Waals surface area contributed by atoms with Gasteiger partial charge in [-0.3, -0.25) is 0 Å². The largest absolute Gasteiger partial charge is 0.461 e. The average Bonchev–Trinajstić information content (AvgIpc) is 2.26. The van der Waals surface area contributed by atoms with Crippen LogP contribution in [-0.2, 0) is 14.8 Å². The van der Waals surface area contributed by atoms with Crippen LogP contribution < -0.4 is 4.72 Å². The van der Waals surface area contributed by atoms with Crippen LogP contribution in [0.1, 0.15) is 15.9 Å². The summed E-state index contributed by atoms with van der Waals surface area (Å²) in [7, 11) is -3.30. The van der Waals surface area contributed by atoms with Crippen LogP contribution in [0.3, 0.4) is 0 Å². The van der Waals surface area contributed by atoms with Gasteiger partial charge in [0.2, 0.25) is 10.0 Å². The normalized spacial score (nSPS) is 11.3. The summed E-state index contributed by atoms with van der Waals surface area (Å²) in [6, 6.07) is 4.01. The van der Waals surface area contributed by atoms with Crippen molar-refractivity contribution in [3.05, 3.63) is 35.1 Å². The molecule has 0 saturated heterocycles. The molecule has 0 atom stereocenters. The first kappa shape index (κ1) is 14.6. The Morgan fingerprint density at radius 3 is 2.67 bits per heavy atom. The van der Waals surface area contributed by atoms with Gasteiger partial charge in [-0.25, -0.2) is 22.3 Å². The topological polar surface area (TPSA) is 72.5 Å². The van der Waals surface area contributed by atoms with Gasteiger partial charge >= 0.3 is 5.97 Å². The van der Waals surface area contributed by atoms with Crippen molar-refractivity contribution in [2.24, 2.45) is 0 Å². The predicted octanol–water partition coefficient (Wildman–Crippen LogP) is 0.840. The summed E-state index contributed by atoms with van der Waals surface area (Å²) in [5.41, 5.74) is 0.530.